The van der Waals surface area contributed by atoms with Gasteiger partial charge in [0.15, 0.2) is 0 Å². The summed E-state index contributed by atoms with van der Waals surface area (Å²) >= 11 is 0. The van der Waals surface area contributed by atoms with E-state index in [1.54, 1.807) is 18.5 Å². The van der Waals surface area contributed by atoms with Crippen molar-refractivity contribution in [2.45, 2.75) is 6.92 Å². The molecule has 0 bridgehead atoms. The molecule has 0 aromatic carbocycles. The highest BCUT2D eigenvalue weighted by atomic mass is 16.4. The molecule has 94 valence electrons. The van der Waals surface area contributed by atoms with Gasteiger partial charge in [-0.25, -0.2) is 9.78 Å². The number of carbonyl (C=O) groups is 1. The van der Waals surface area contributed by atoms with Crippen LogP contribution in [0.1, 0.15) is 16.2 Å². The lowest BCUT2D eigenvalue weighted by Gasteiger charge is -2.04. The van der Waals surface area contributed by atoms with Crippen LogP contribution in [0.25, 0.3) is 22.2 Å². The van der Waals surface area contributed by atoms with Gasteiger partial charge in [-0.1, -0.05) is 6.07 Å². The Hall–Kier alpha value is -2.69. The van der Waals surface area contributed by atoms with E-state index in [1.807, 2.05) is 25.1 Å². The first kappa shape index (κ1) is 11.4. The summed E-state index contributed by atoms with van der Waals surface area (Å²) in [4.78, 5) is 22.3. The molecular formula is C14H11N3O2. The van der Waals surface area contributed by atoms with Gasteiger partial charge in [-0.3, -0.25) is 4.98 Å². The van der Waals surface area contributed by atoms with Crippen molar-refractivity contribution in [2.75, 3.05) is 0 Å². The SMILES string of the molecule is Cc1cc(-c2cccnc2)c2cc(C(=O)O)[nH]c2n1. The van der Waals surface area contributed by atoms with E-state index >= 15 is 0 Å². The van der Waals surface area contributed by atoms with Crippen molar-refractivity contribution < 1.29 is 9.90 Å². The molecule has 0 aliphatic rings. The van der Waals surface area contributed by atoms with Crippen LogP contribution in [0.5, 0.6) is 0 Å². The second-order valence-electron chi connectivity index (χ2n) is 4.30. The summed E-state index contributed by atoms with van der Waals surface area (Å²) < 4.78 is 0. The molecule has 0 amide bonds. The van der Waals surface area contributed by atoms with Crippen LogP contribution in [0.15, 0.2) is 36.7 Å². The van der Waals surface area contributed by atoms with Crippen molar-refractivity contribution >= 4 is 17.0 Å². The Kier molecular flexibility index (Phi) is 2.52. The van der Waals surface area contributed by atoms with Crippen LogP contribution in [-0.4, -0.2) is 26.0 Å². The second kappa shape index (κ2) is 4.20. The molecule has 0 radical (unpaired) electrons. The zero-order valence-corrected chi connectivity index (χ0v) is 10.2. The van der Waals surface area contributed by atoms with Crippen LogP contribution in [0.3, 0.4) is 0 Å². The summed E-state index contributed by atoms with van der Waals surface area (Å²) in [6, 6.07) is 7.32. The minimum absolute atomic E-state index is 0.137. The monoisotopic (exact) mass is 253 g/mol. The molecule has 5 nitrogen and oxygen atoms in total. The molecule has 0 spiro atoms. The molecule has 0 saturated carbocycles. The number of nitrogens with zero attached hydrogens (tertiary/aromatic N) is 2. The fraction of sp³-hybridized carbons (Fsp3) is 0.0714. The highest BCUT2D eigenvalue weighted by Crippen LogP contribution is 2.28. The number of carboxylic acids is 1. The first-order valence-corrected chi connectivity index (χ1v) is 5.79. The topological polar surface area (TPSA) is 78.9 Å². The first-order valence-electron chi connectivity index (χ1n) is 5.79. The number of pyridine rings is 2. The highest BCUT2D eigenvalue weighted by molar-refractivity contribution is 5.99. The summed E-state index contributed by atoms with van der Waals surface area (Å²) in [5.74, 6) is -0.993. The maximum atomic E-state index is 11.0. The van der Waals surface area contributed by atoms with Crippen molar-refractivity contribution in [2.24, 2.45) is 0 Å². The van der Waals surface area contributed by atoms with Crippen molar-refractivity contribution in [3.8, 4) is 11.1 Å². The fourth-order valence-corrected chi connectivity index (χ4v) is 2.11. The summed E-state index contributed by atoms with van der Waals surface area (Å²) in [5, 5.41) is 9.83. The Labute approximate surface area is 109 Å². The van der Waals surface area contributed by atoms with Gasteiger partial charge >= 0.3 is 5.97 Å². The number of fused-ring (bicyclic) bond motifs is 1. The van der Waals surface area contributed by atoms with Crippen LogP contribution in [0.2, 0.25) is 0 Å². The lowest BCUT2D eigenvalue weighted by molar-refractivity contribution is 0.0691. The minimum Gasteiger partial charge on any atom is -0.477 e. The Bertz CT molecular complexity index is 763. The van der Waals surface area contributed by atoms with Gasteiger partial charge in [0.05, 0.1) is 0 Å². The number of carboxylic acid groups (broad SMARTS) is 1. The maximum absolute atomic E-state index is 11.0. The number of hydrogen-bond acceptors (Lipinski definition) is 3. The first-order chi connectivity index (χ1) is 9.15. The van der Waals surface area contributed by atoms with E-state index in [9.17, 15) is 4.79 Å². The minimum atomic E-state index is -0.993. The van der Waals surface area contributed by atoms with Gasteiger partial charge in [-0.05, 0) is 30.7 Å². The molecule has 0 aliphatic carbocycles. The molecule has 0 fully saturated rings. The predicted octanol–water partition coefficient (Wildman–Crippen LogP) is 2.63. The lowest BCUT2D eigenvalue weighted by Crippen LogP contribution is -1.95. The van der Waals surface area contributed by atoms with Crippen molar-refractivity contribution in [1.82, 2.24) is 15.0 Å². The zero-order chi connectivity index (χ0) is 13.4. The van der Waals surface area contributed by atoms with Gasteiger partial charge in [-0.2, -0.15) is 0 Å². The van der Waals surface area contributed by atoms with Gasteiger partial charge in [-0.15, -0.1) is 0 Å². The molecule has 19 heavy (non-hydrogen) atoms. The average molecular weight is 253 g/mol. The van der Waals surface area contributed by atoms with Crippen molar-refractivity contribution in [3.63, 3.8) is 0 Å². The molecule has 3 aromatic rings. The third-order valence-electron chi connectivity index (χ3n) is 2.93. The molecule has 3 aromatic heterocycles. The second-order valence-corrected chi connectivity index (χ2v) is 4.30. The quantitative estimate of drug-likeness (QED) is 0.735. The number of hydrogen-bond donors (Lipinski definition) is 2. The maximum Gasteiger partial charge on any atom is 0.352 e. The standard InChI is InChI=1S/C14H11N3O2/c1-8-5-10(9-3-2-4-15-7-9)11-6-12(14(18)19)17-13(11)16-8/h2-7H,1H3,(H,16,17)(H,18,19). The third-order valence-corrected chi connectivity index (χ3v) is 2.93. The summed E-state index contributed by atoms with van der Waals surface area (Å²) in [6.07, 6.45) is 3.45. The number of aromatic nitrogens is 3. The molecule has 0 atom stereocenters. The summed E-state index contributed by atoms with van der Waals surface area (Å²) in [6.45, 7) is 1.88. The van der Waals surface area contributed by atoms with Gasteiger partial charge in [0.25, 0.3) is 0 Å². The number of aromatic amines is 1. The van der Waals surface area contributed by atoms with Crippen LogP contribution >= 0.6 is 0 Å². The van der Waals surface area contributed by atoms with E-state index in [4.69, 9.17) is 5.11 Å². The summed E-state index contributed by atoms with van der Waals surface area (Å²) in [7, 11) is 0. The van der Waals surface area contributed by atoms with Gasteiger partial charge < -0.3 is 10.1 Å². The Balaban J connectivity index is 2.32. The Morgan fingerprint density at radius 3 is 2.89 bits per heavy atom. The average Bonchev–Trinajstić information content (AvgIpc) is 2.82. The van der Waals surface area contributed by atoms with E-state index in [2.05, 4.69) is 15.0 Å². The molecule has 0 unspecified atom stereocenters. The number of aromatic carboxylic acids is 1. The molecule has 0 saturated heterocycles. The van der Waals surface area contributed by atoms with Crippen molar-refractivity contribution in [3.05, 3.63) is 48.0 Å². The zero-order valence-electron chi connectivity index (χ0n) is 10.2. The van der Waals surface area contributed by atoms with Crippen LogP contribution in [-0.2, 0) is 0 Å². The van der Waals surface area contributed by atoms with E-state index in [0.717, 1.165) is 22.2 Å². The molecular weight excluding hydrogens is 242 g/mol. The predicted molar refractivity (Wildman–Crippen MR) is 71.0 cm³/mol. The van der Waals surface area contributed by atoms with E-state index in [1.165, 1.54) is 0 Å². The Morgan fingerprint density at radius 1 is 1.37 bits per heavy atom. The molecule has 3 rings (SSSR count). The smallest absolute Gasteiger partial charge is 0.352 e. The van der Waals surface area contributed by atoms with Gasteiger partial charge in [0.2, 0.25) is 0 Å². The molecule has 0 aliphatic heterocycles. The molecule has 5 heteroatoms. The number of aryl methyl sites for hydroxylation is 1. The number of rotatable bonds is 2. The summed E-state index contributed by atoms with van der Waals surface area (Å²) in [5.41, 5.74) is 3.41. The van der Waals surface area contributed by atoms with Crippen molar-refractivity contribution in [1.29, 1.82) is 0 Å². The molecule has 2 N–H and O–H groups in total. The van der Waals surface area contributed by atoms with Crippen LogP contribution in [0, 0.1) is 6.92 Å². The van der Waals surface area contributed by atoms with Crippen LogP contribution < -0.4 is 0 Å². The lowest BCUT2D eigenvalue weighted by atomic mass is 10.0. The Morgan fingerprint density at radius 2 is 2.21 bits per heavy atom. The number of nitrogens with one attached hydrogen (secondary N) is 1. The normalized spacial score (nSPS) is 10.8. The number of H-pyrrole nitrogens is 1. The fourth-order valence-electron chi connectivity index (χ4n) is 2.11. The van der Waals surface area contributed by atoms with E-state index in [0.29, 0.717) is 5.65 Å². The third kappa shape index (κ3) is 1.95. The van der Waals surface area contributed by atoms with Crippen LogP contribution in [0.4, 0.5) is 0 Å². The highest BCUT2D eigenvalue weighted by Gasteiger charge is 2.13. The largest absolute Gasteiger partial charge is 0.477 e. The van der Waals surface area contributed by atoms with Gasteiger partial charge in [0.1, 0.15) is 11.3 Å². The van der Waals surface area contributed by atoms with E-state index in [-0.39, 0.29) is 5.69 Å². The molecule has 3 heterocycles. The van der Waals surface area contributed by atoms with E-state index < -0.39 is 5.97 Å². The van der Waals surface area contributed by atoms with Gasteiger partial charge in [0, 0.05) is 29.0 Å².